The van der Waals surface area contributed by atoms with Gasteiger partial charge in [0.15, 0.2) is 0 Å². The lowest BCUT2D eigenvalue weighted by Gasteiger charge is -2.21. The van der Waals surface area contributed by atoms with Gasteiger partial charge in [0.05, 0.1) is 9.40 Å². The maximum Gasteiger partial charge on any atom is 0.283 e. The summed E-state index contributed by atoms with van der Waals surface area (Å²) in [5.74, 6) is 0.466. The fourth-order valence-corrected chi connectivity index (χ4v) is 2.44. The molecule has 0 aromatic heterocycles. The van der Waals surface area contributed by atoms with Crippen molar-refractivity contribution in [3.63, 3.8) is 0 Å². The largest absolute Gasteiger partial charge is 0.327 e. The molecule has 20 heavy (non-hydrogen) atoms. The van der Waals surface area contributed by atoms with Gasteiger partial charge < -0.3 is 10.6 Å². The van der Waals surface area contributed by atoms with Crippen LogP contribution in [0.25, 0.3) is 0 Å². The Morgan fingerprint density at radius 1 is 1.45 bits per heavy atom. The van der Waals surface area contributed by atoms with Crippen LogP contribution in [0.15, 0.2) is 22.7 Å². The van der Waals surface area contributed by atoms with Crippen molar-refractivity contribution in [1.82, 2.24) is 4.90 Å². The average molecular weight is 344 g/mol. The van der Waals surface area contributed by atoms with Crippen molar-refractivity contribution in [2.24, 2.45) is 11.7 Å². The number of hydrogen-bond donors (Lipinski definition) is 1. The molecular formula is C14H22BrN3O2. The van der Waals surface area contributed by atoms with E-state index < -0.39 is 0 Å². The Morgan fingerprint density at radius 2 is 2.10 bits per heavy atom. The monoisotopic (exact) mass is 343 g/mol. The molecule has 0 saturated carbocycles. The van der Waals surface area contributed by atoms with E-state index in [0.29, 0.717) is 16.9 Å². The Labute approximate surface area is 128 Å². The predicted octanol–water partition coefficient (Wildman–Crippen LogP) is 3.16. The number of rotatable bonds is 7. The van der Waals surface area contributed by atoms with E-state index in [-0.39, 0.29) is 16.7 Å². The maximum absolute atomic E-state index is 10.9. The van der Waals surface area contributed by atoms with Gasteiger partial charge in [-0.25, -0.2) is 0 Å². The molecule has 0 heterocycles. The molecule has 1 aromatic rings. The van der Waals surface area contributed by atoms with Gasteiger partial charge in [0.25, 0.3) is 5.69 Å². The zero-order valence-electron chi connectivity index (χ0n) is 12.2. The van der Waals surface area contributed by atoms with E-state index in [1.54, 1.807) is 6.07 Å². The third-order valence-electron chi connectivity index (χ3n) is 3.40. The lowest BCUT2D eigenvalue weighted by atomic mass is 10.0. The Bertz CT molecular complexity index is 466. The Balaban J connectivity index is 2.64. The van der Waals surface area contributed by atoms with Gasteiger partial charge in [0.1, 0.15) is 0 Å². The van der Waals surface area contributed by atoms with Crippen LogP contribution in [0.5, 0.6) is 0 Å². The van der Waals surface area contributed by atoms with Crippen molar-refractivity contribution in [1.29, 1.82) is 0 Å². The molecule has 0 radical (unpaired) electrons. The highest BCUT2D eigenvalue weighted by molar-refractivity contribution is 9.10. The van der Waals surface area contributed by atoms with Crippen molar-refractivity contribution in [2.45, 2.75) is 32.9 Å². The summed E-state index contributed by atoms with van der Waals surface area (Å²) >= 11 is 3.32. The third-order valence-corrected chi connectivity index (χ3v) is 4.31. The number of halogens is 1. The van der Waals surface area contributed by atoms with Gasteiger partial charge in [-0.05, 0) is 47.4 Å². The molecule has 0 saturated heterocycles. The number of benzene rings is 1. The minimum absolute atomic E-state index is 0.106. The van der Waals surface area contributed by atoms with E-state index in [1.165, 1.54) is 6.07 Å². The van der Waals surface area contributed by atoms with Gasteiger partial charge in [0.2, 0.25) is 0 Å². The number of nitro groups is 1. The van der Waals surface area contributed by atoms with Crippen molar-refractivity contribution in [3.8, 4) is 0 Å². The quantitative estimate of drug-likeness (QED) is 0.609. The summed E-state index contributed by atoms with van der Waals surface area (Å²) in [4.78, 5) is 12.7. The molecule has 112 valence electrons. The molecule has 6 heteroatoms. The molecule has 1 aromatic carbocycles. The first-order valence-corrected chi connectivity index (χ1v) is 7.48. The Morgan fingerprint density at radius 3 is 2.65 bits per heavy atom. The SMILES string of the molecule is CC(C)C(N)CCN(C)Cc1cccc([N+](=O)[O-])c1Br. The van der Waals surface area contributed by atoms with Gasteiger partial charge in [-0.1, -0.05) is 26.0 Å². The van der Waals surface area contributed by atoms with Crippen molar-refractivity contribution < 1.29 is 4.92 Å². The van der Waals surface area contributed by atoms with Crippen LogP contribution in [0, 0.1) is 16.0 Å². The Hall–Kier alpha value is -0.980. The fourth-order valence-electron chi connectivity index (χ4n) is 1.90. The molecule has 1 atom stereocenters. The van der Waals surface area contributed by atoms with Gasteiger partial charge in [0, 0.05) is 18.7 Å². The van der Waals surface area contributed by atoms with E-state index in [2.05, 4.69) is 34.7 Å². The fraction of sp³-hybridized carbons (Fsp3) is 0.571. The first kappa shape index (κ1) is 17.1. The van der Waals surface area contributed by atoms with Gasteiger partial charge in [-0.15, -0.1) is 0 Å². The second kappa shape index (κ2) is 7.71. The summed E-state index contributed by atoms with van der Waals surface area (Å²) in [6.07, 6.45) is 0.917. The summed E-state index contributed by atoms with van der Waals surface area (Å²) in [6.45, 7) is 5.76. The highest BCUT2D eigenvalue weighted by atomic mass is 79.9. The number of nitrogens with two attached hydrogens (primary N) is 1. The van der Waals surface area contributed by atoms with E-state index >= 15 is 0 Å². The molecule has 5 nitrogen and oxygen atoms in total. The normalized spacial score (nSPS) is 12.9. The zero-order valence-corrected chi connectivity index (χ0v) is 13.8. The molecular weight excluding hydrogens is 322 g/mol. The molecule has 0 fully saturated rings. The Kier molecular flexibility index (Phi) is 6.58. The van der Waals surface area contributed by atoms with Crippen LogP contribution in [-0.4, -0.2) is 29.5 Å². The molecule has 0 amide bonds. The van der Waals surface area contributed by atoms with E-state index in [1.807, 2.05) is 13.1 Å². The minimum atomic E-state index is -0.373. The molecule has 1 rings (SSSR count). The third kappa shape index (κ3) is 4.85. The van der Waals surface area contributed by atoms with E-state index in [4.69, 9.17) is 5.73 Å². The molecule has 0 spiro atoms. The molecule has 0 bridgehead atoms. The molecule has 0 aliphatic carbocycles. The van der Waals surface area contributed by atoms with Crippen molar-refractivity contribution >= 4 is 21.6 Å². The van der Waals surface area contributed by atoms with Crippen LogP contribution in [0.3, 0.4) is 0 Å². The molecule has 0 aliphatic rings. The first-order chi connectivity index (χ1) is 9.32. The summed E-state index contributed by atoms with van der Waals surface area (Å²) in [6, 6.07) is 5.30. The second-order valence-corrected chi connectivity index (χ2v) is 6.23. The van der Waals surface area contributed by atoms with Crippen LogP contribution in [0.4, 0.5) is 5.69 Å². The number of nitrogens with zero attached hydrogens (tertiary/aromatic N) is 2. The standard InChI is InChI=1S/C14H22BrN3O2/c1-10(2)12(16)7-8-17(3)9-11-5-4-6-13(14(11)15)18(19)20/h4-6,10,12H,7-9,16H2,1-3H3. The minimum Gasteiger partial charge on any atom is -0.327 e. The van der Waals surface area contributed by atoms with Crippen LogP contribution in [-0.2, 0) is 6.54 Å². The summed E-state index contributed by atoms with van der Waals surface area (Å²) in [7, 11) is 2.00. The highest BCUT2D eigenvalue weighted by Crippen LogP contribution is 2.28. The molecule has 2 N–H and O–H groups in total. The smallest absolute Gasteiger partial charge is 0.283 e. The lowest BCUT2D eigenvalue weighted by Crippen LogP contribution is -2.31. The van der Waals surface area contributed by atoms with Crippen molar-refractivity contribution in [2.75, 3.05) is 13.6 Å². The van der Waals surface area contributed by atoms with Crippen LogP contribution in [0.2, 0.25) is 0 Å². The van der Waals surface area contributed by atoms with Crippen LogP contribution < -0.4 is 5.73 Å². The van der Waals surface area contributed by atoms with Gasteiger partial charge >= 0.3 is 0 Å². The topological polar surface area (TPSA) is 72.4 Å². The zero-order chi connectivity index (χ0) is 15.3. The summed E-state index contributed by atoms with van der Waals surface area (Å²) in [5, 5.41) is 10.9. The number of nitro benzene ring substituents is 1. The summed E-state index contributed by atoms with van der Waals surface area (Å²) in [5.41, 5.74) is 7.05. The average Bonchev–Trinajstić information content (AvgIpc) is 2.37. The predicted molar refractivity (Wildman–Crippen MR) is 84.6 cm³/mol. The van der Waals surface area contributed by atoms with Crippen molar-refractivity contribution in [3.05, 3.63) is 38.3 Å². The number of hydrogen-bond acceptors (Lipinski definition) is 4. The maximum atomic E-state index is 10.9. The van der Waals surface area contributed by atoms with Gasteiger partial charge in [-0.3, -0.25) is 10.1 Å². The van der Waals surface area contributed by atoms with Crippen LogP contribution in [0.1, 0.15) is 25.8 Å². The molecule has 1 unspecified atom stereocenters. The first-order valence-electron chi connectivity index (χ1n) is 6.68. The molecule has 0 aliphatic heterocycles. The van der Waals surface area contributed by atoms with E-state index in [0.717, 1.165) is 18.5 Å². The summed E-state index contributed by atoms with van der Waals surface area (Å²) < 4.78 is 0.560. The van der Waals surface area contributed by atoms with Gasteiger partial charge in [-0.2, -0.15) is 0 Å². The van der Waals surface area contributed by atoms with Crippen LogP contribution >= 0.6 is 15.9 Å². The van der Waals surface area contributed by atoms with E-state index in [9.17, 15) is 10.1 Å². The second-order valence-electron chi connectivity index (χ2n) is 5.44. The lowest BCUT2D eigenvalue weighted by molar-refractivity contribution is -0.385. The highest BCUT2D eigenvalue weighted by Gasteiger charge is 2.16.